The van der Waals surface area contributed by atoms with E-state index in [0.29, 0.717) is 10.9 Å². The molecule has 1 fully saturated rings. The predicted octanol–water partition coefficient (Wildman–Crippen LogP) is 1.87. The first-order chi connectivity index (χ1) is 6.29. The van der Waals surface area contributed by atoms with Crippen molar-refractivity contribution in [3.8, 4) is 0 Å². The molecule has 0 amide bonds. The molecule has 0 radical (unpaired) electrons. The fourth-order valence-electron chi connectivity index (χ4n) is 1.25. The van der Waals surface area contributed by atoms with Gasteiger partial charge in [0.2, 0.25) is 0 Å². The average molecular weight is 243 g/mol. The van der Waals surface area contributed by atoms with Crippen molar-refractivity contribution in [2.24, 2.45) is 5.92 Å². The van der Waals surface area contributed by atoms with E-state index in [-0.39, 0.29) is 5.78 Å². The van der Waals surface area contributed by atoms with Gasteiger partial charge < -0.3 is 0 Å². The number of hydrogen-bond acceptors (Lipinski definition) is 2. The molecule has 2 rings (SSSR count). The topological polar surface area (TPSA) is 34.9 Å². The molecule has 0 N–H and O–H groups in total. The number of ketones is 1. The Morgan fingerprint density at radius 1 is 1.69 bits per heavy atom. The quantitative estimate of drug-likeness (QED) is 0.597. The van der Waals surface area contributed by atoms with Gasteiger partial charge in [-0.1, -0.05) is 15.9 Å². The fraction of sp³-hybridized carbons (Fsp3) is 0.556. The zero-order chi connectivity index (χ0) is 9.26. The summed E-state index contributed by atoms with van der Waals surface area (Å²) in [6.45, 7) is 0.968. The molecule has 3 nitrogen and oxygen atoms in total. The van der Waals surface area contributed by atoms with Gasteiger partial charge in [-0.15, -0.1) is 0 Å². The number of Topliss-reactive ketones (excluding diaryl/α,β-unsaturated/α-hetero) is 1. The van der Waals surface area contributed by atoms with Crippen molar-refractivity contribution in [2.45, 2.75) is 19.4 Å². The number of hydrogen-bond donors (Lipinski definition) is 0. The molecule has 0 atom stereocenters. The lowest BCUT2D eigenvalue weighted by atomic mass is 10.3. The van der Waals surface area contributed by atoms with Gasteiger partial charge in [-0.2, -0.15) is 5.10 Å². The molecule has 0 aliphatic heterocycles. The third kappa shape index (κ3) is 2.18. The van der Waals surface area contributed by atoms with E-state index in [4.69, 9.17) is 0 Å². The Balaban J connectivity index is 2.03. The third-order valence-electron chi connectivity index (χ3n) is 2.22. The first-order valence-electron chi connectivity index (χ1n) is 4.41. The molecule has 0 saturated heterocycles. The van der Waals surface area contributed by atoms with Gasteiger partial charge in [0.1, 0.15) is 0 Å². The average Bonchev–Trinajstić information content (AvgIpc) is 2.81. The number of alkyl halides is 1. The lowest BCUT2D eigenvalue weighted by Gasteiger charge is -1.96. The van der Waals surface area contributed by atoms with Gasteiger partial charge in [-0.3, -0.25) is 9.48 Å². The van der Waals surface area contributed by atoms with Crippen molar-refractivity contribution >= 4 is 21.7 Å². The van der Waals surface area contributed by atoms with Gasteiger partial charge in [-0.25, -0.2) is 0 Å². The van der Waals surface area contributed by atoms with Crippen LogP contribution in [0.25, 0.3) is 0 Å². The maximum absolute atomic E-state index is 11.2. The molecular formula is C9H11BrN2O. The molecule has 1 aromatic rings. The second-order valence-electron chi connectivity index (χ2n) is 3.45. The van der Waals surface area contributed by atoms with E-state index in [2.05, 4.69) is 21.0 Å². The highest BCUT2D eigenvalue weighted by molar-refractivity contribution is 9.09. The van der Waals surface area contributed by atoms with Crippen molar-refractivity contribution in [1.82, 2.24) is 9.78 Å². The van der Waals surface area contributed by atoms with Gasteiger partial charge in [-0.05, 0) is 18.8 Å². The Labute approximate surface area is 85.3 Å². The Morgan fingerprint density at radius 2 is 2.46 bits per heavy atom. The molecule has 70 valence electrons. The van der Waals surface area contributed by atoms with Crippen LogP contribution in [0.15, 0.2) is 12.4 Å². The minimum atomic E-state index is 0.0991. The number of aromatic nitrogens is 2. The van der Waals surface area contributed by atoms with Crippen LogP contribution in [0.2, 0.25) is 0 Å². The van der Waals surface area contributed by atoms with Crippen LogP contribution in [0, 0.1) is 5.92 Å². The summed E-state index contributed by atoms with van der Waals surface area (Å²) in [5.74, 6) is 0.897. The molecule has 1 aliphatic rings. The van der Waals surface area contributed by atoms with E-state index in [1.54, 1.807) is 6.20 Å². The Bertz CT molecular complexity index is 317. The SMILES string of the molecule is O=C(CBr)c1cnn(CC2CC2)c1. The first-order valence-corrected chi connectivity index (χ1v) is 5.53. The maximum Gasteiger partial charge on any atom is 0.176 e. The monoisotopic (exact) mass is 242 g/mol. The summed E-state index contributed by atoms with van der Waals surface area (Å²) in [6, 6.07) is 0. The van der Waals surface area contributed by atoms with Crippen LogP contribution in [-0.4, -0.2) is 20.9 Å². The van der Waals surface area contributed by atoms with E-state index in [9.17, 15) is 4.79 Å². The third-order valence-corrected chi connectivity index (χ3v) is 2.73. The summed E-state index contributed by atoms with van der Waals surface area (Å²) in [7, 11) is 0. The maximum atomic E-state index is 11.2. The predicted molar refractivity (Wildman–Crippen MR) is 53.1 cm³/mol. The summed E-state index contributed by atoms with van der Waals surface area (Å²) in [5.41, 5.74) is 0.706. The van der Waals surface area contributed by atoms with E-state index in [1.165, 1.54) is 12.8 Å². The summed E-state index contributed by atoms with van der Waals surface area (Å²) in [6.07, 6.45) is 6.09. The van der Waals surface area contributed by atoms with Crippen molar-refractivity contribution < 1.29 is 4.79 Å². The molecule has 1 aliphatic carbocycles. The Hall–Kier alpha value is -0.640. The van der Waals surface area contributed by atoms with Crippen LogP contribution < -0.4 is 0 Å². The number of carbonyl (C=O) groups is 1. The van der Waals surface area contributed by atoms with Crippen molar-refractivity contribution in [3.05, 3.63) is 18.0 Å². The molecule has 0 unspecified atom stereocenters. The summed E-state index contributed by atoms with van der Waals surface area (Å²) >= 11 is 3.14. The van der Waals surface area contributed by atoms with Gasteiger partial charge in [0.25, 0.3) is 0 Å². The van der Waals surface area contributed by atoms with Crippen LogP contribution in [0.4, 0.5) is 0 Å². The van der Waals surface area contributed by atoms with Crippen molar-refractivity contribution in [1.29, 1.82) is 0 Å². The van der Waals surface area contributed by atoms with Crippen LogP contribution >= 0.6 is 15.9 Å². The van der Waals surface area contributed by atoms with Crippen LogP contribution in [-0.2, 0) is 6.54 Å². The van der Waals surface area contributed by atoms with Crippen molar-refractivity contribution in [2.75, 3.05) is 5.33 Å². The van der Waals surface area contributed by atoms with Crippen molar-refractivity contribution in [3.63, 3.8) is 0 Å². The standard InChI is InChI=1S/C9H11BrN2O/c10-3-9(13)8-4-11-12(6-8)5-7-1-2-7/h4,6-7H,1-3,5H2. The summed E-state index contributed by atoms with van der Waals surface area (Å²) in [5, 5.41) is 4.52. The highest BCUT2D eigenvalue weighted by atomic mass is 79.9. The highest BCUT2D eigenvalue weighted by Gasteiger charge is 2.22. The lowest BCUT2D eigenvalue weighted by molar-refractivity contribution is 0.102. The Morgan fingerprint density at radius 3 is 3.08 bits per heavy atom. The van der Waals surface area contributed by atoms with E-state index < -0.39 is 0 Å². The molecular weight excluding hydrogens is 232 g/mol. The van der Waals surface area contributed by atoms with E-state index in [1.807, 2.05) is 10.9 Å². The molecule has 0 spiro atoms. The number of nitrogens with zero attached hydrogens (tertiary/aromatic N) is 2. The second kappa shape index (κ2) is 3.62. The van der Waals surface area contributed by atoms with Crippen LogP contribution in [0.3, 0.4) is 0 Å². The number of rotatable bonds is 4. The minimum absolute atomic E-state index is 0.0991. The summed E-state index contributed by atoms with van der Waals surface area (Å²) in [4.78, 5) is 11.2. The fourth-order valence-corrected chi connectivity index (χ4v) is 1.57. The molecule has 1 heterocycles. The van der Waals surface area contributed by atoms with Gasteiger partial charge in [0.05, 0.1) is 17.1 Å². The van der Waals surface area contributed by atoms with Gasteiger partial charge >= 0.3 is 0 Å². The highest BCUT2D eigenvalue weighted by Crippen LogP contribution is 2.30. The normalized spacial score (nSPS) is 16.1. The Kier molecular flexibility index (Phi) is 2.49. The summed E-state index contributed by atoms with van der Waals surface area (Å²) < 4.78 is 1.87. The first kappa shape index (κ1) is 8.94. The molecule has 4 heteroatoms. The zero-order valence-corrected chi connectivity index (χ0v) is 8.83. The largest absolute Gasteiger partial charge is 0.293 e. The van der Waals surface area contributed by atoms with E-state index >= 15 is 0 Å². The molecule has 1 saturated carbocycles. The van der Waals surface area contributed by atoms with Gasteiger partial charge in [0.15, 0.2) is 5.78 Å². The van der Waals surface area contributed by atoms with Gasteiger partial charge in [0, 0.05) is 12.7 Å². The van der Waals surface area contributed by atoms with Crippen LogP contribution in [0.1, 0.15) is 23.2 Å². The minimum Gasteiger partial charge on any atom is -0.293 e. The zero-order valence-electron chi connectivity index (χ0n) is 7.24. The molecule has 0 bridgehead atoms. The molecule has 1 aromatic heterocycles. The smallest absolute Gasteiger partial charge is 0.176 e. The molecule has 0 aromatic carbocycles. The second-order valence-corrected chi connectivity index (χ2v) is 4.01. The molecule has 13 heavy (non-hydrogen) atoms. The van der Waals surface area contributed by atoms with E-state index in [0.717, 1.165) is 12.5 Å². The van der Waals surface area contributed by atoms with Crippen LogP contribution in [0.5, 0.6) is 0 Å². The lowest BCUT2D eigenvalue weighted by Crippen LogP contribution is -2.01. The number of carbonyl (C=O) groups excluding carboxylic acids is 1. The number of halogens is 1.